The topological polar surface area (TPSA) is 36.4 Å². The van der Waals surface area contributed by atoms with Crippen molar-refractivity contribution < 1.29 is 5.11 Å². The first kappa shape index (κ1) is 11.1. The molecule has 0 amide bonds. The van der Waals surface area contributed by atoms with Gasteiger partial charge in [0.05, 0.1) is 18.4 Å². The van der Waals surface area contributed by atoms with E-state index >= 15 is 0 Å². The van der Waals surface area contributed by atoms with Crippen LogP contribution >= 0.6 is 0 Å². The highest BCUT2D eigenvalue weighted by molar-refractivity contribution is 5.59. The van der Waals surface area contributed by atoms with Crippen LogP contribution in [0.2, 0.25) is 0 Å². The number of hydrogen-bond donors (Lipinski definition) is 1. The fourth-order valence-electron chi connectivity index (χ4n) is 2.56. The summed E-state index contributed by atoms with van der Waals surface area (Å²) in [4.78, 5) is 6.63. The lowest BCUT2D eigenvalue weighted by molar-refractivity contribution is 0.472. The molecule has 0 saturated carbocycles. The van der Waals surface area contributed by atoms with Crippen molar-refractivity contribution in [1.29, 1.82) is 0 Å². The Bertz CT molecular complexity index is 551. The van der Waals surface area contributed by atoms with Gasteiger partial charge in [-0.15, -0.1) is 0 Å². The third-order valence-electron chi connectivity index (χ3n) is 3.49. The van der Waals surface area contributed by atoms with Gasteiger partial charge in [0.25, 0.3) is 0 Å². The quantitative estimate of drug-likeness (QED) is 0.876. The standard InChI is InChI=1S/C15H16N2O/c1-11-8-12-4-2-3-5-15(12)17(11)10-13-6-7-14(18)9-16-13/h2-7,9,11,18H,8,10H2,1H3. The molecule has 18 heavy (non-hydrogen) atoms. The monoisotopic (exact) mass is 240 g/mol. The van der Waals surface area contributed by atoms with Crippen LogP contribution in [0.15, 0.2) is 42.6 Å². The normalized spacial score (nSPS) is 17.8. The second-order valence-electron chi connectivity index (χ2n) is 4.82. The summed E-state index contributed by atoms with van der Waals surface area (Å²) in [6, 6.07) is 12.6. The lowest BCUT2D eigenvalue weighted by atomic mass is 10.1. The zero-order valence-corrected chi connectivity index (χ0v) is 10.4. The van der Waals surface area contributed by atoms with E-state index in [4.69, 9.17) is 0 Å². The van der Waals surface area contributed by atoms with Gasteiger partial charge in [0.15, 0.2) is 0 Å². The fourth-order valence-corrected chi connectivity index (χ4v) is 2.56. The van der Waals surface area contributed by atoms with Gasteiger partial charge in [-0.3, -0.25) is 4.98 Å². The summed E-state index contributed by atoms with van der Waals surface area (Å²) in [7, 11) is 0. The third-order valence-corrected chi connectivity index (χ3v) is 3.49. The van der Waals surface area contributed by atoms with Crippen LogP contribution in [-0.2, 0) is 13.0 Å². The molecule has 3 heteroatoms. The number of fused-ring (bicyclic) bond motifs is 1. The van der Waals surface area contributed by atoms with Gasteiger partial charge in [0, 0.05) is 11.7 Å². The molecule has 3 rings (SSSR count). The summed E-state index contributed by atoms with van der Waals surface area (Å²) in [5.41, 5.74) is 3.69. The molecular formula is C15H16N2O. The Hall–Kier alpha value is -2.03. The summed E-state index contributed by atoms with van der Waals surface area (Å²) in [6.07, 6.45) is 2.59. The van der Waals surface area contributed by atoms with E-state index in [0.29, 0.717) is 6.04 Å². The largest absolute Gasteiger partial charge is 0.506 e. The number of aromatic hydroxyl groups is 1. The zero-order valence-electron chi connectivity index (χ0n) is 10.4. The molecule has 1 unspecified atom stereocenters. The van der Waals surface area contributed by atoms with Crippen molar-refractivity contribution in [2.75, 3.05) is 4.90 Å². The van der Waals surface area contributed by atoms with E-state index in [1.165, 1.54) is 17.4 Å². The van der Waals surface area contributed by atoms with E-state index in [1.54, 1.807) is 6.07 Å². The van der Waals surface area contributed by atoms with Crippen LogP contribution in [0.4, 0.5) is 5.69 Å². The molecule has 0 fully saturated rings. The van der Waals surface area contributed by atoms with Gasteiger partial charge in [-0.2, -0.15) is 0 Å². The molecule has 92 valence electrons. The molecule has 0 radical (unpaired) electrons. The second-order valence-corrected chi connectivity index (χ2v) is 4.82. The van der Waals surface area contributed by atoms with Crippen LogP contribution in [0.25, 0.3) is 0 Å². The van der Waals surface area contributed by atoms with E-state index < -0.39 is 0 Å². The Morgan fingerprint density at radius 2 is 2.11 bits per heavy atom. The van der Waals surface area contributed by atoms with Crippen molar-refractivity contribution in [3.63, 3.8) is 0 Å². The van der Waals surface area contributed by atoms with Gasteiger partial charge >= 0.3 is 0 Å². The zero-order chi connectivity index (χ0) is 12.5. The molecule has 2 aromatic rings. The Kier molecular flexibility index (Phi) is 2.67. The Labute approximate surface area is 107 Å². The molecule has 0 bridgehead atoms. The van der Waals surface area contributed by atoms with Crippen LogP contribution in [0.1, 0.15) is 18.2 Å². The number of rotatable bonds is 2. The van der Waals surface area contributed by atoms with Crippen LogP contribution < -0.4 is 4.90 Å². The van der Waals surface area contributed by atoms with Crippen LogP contribution in [0.5, 0.6) is 5.75 Å². The minimum atomic E-state index is 0.216. The number of pyridine rings is 1. The molecule has 2 heterocycles. The van der Waals surface area contributed by atoms with Crippen molar-refractivity contribution in [3.05, 3.63) is 53.9 Å². The molecule has 1 aliphatic heterocycles. The van der Waals surface area contributed by atoms with Gasteiger partial charge in [0.1, 0.15) is 5.75 Å². The average Bonchev–Trinajstić information content (AvgIpc) is 2.69. The van der Waals surface area contributed by atoms with Gasteiger partial charge < -0.3 is 10.0 Å². The first-order valence-electron chi connectivity index (χ1n) is 6.22. The molecule has 1 atom stereocenters. The summed E-state index contributed by atoms with van der Waals surface area (Å²) < 4.78 is 0. The summed E-state index contributed by atoms with van der Waals surface area (Å²) in [5, 5.41) is 9.25. The number of hydrogen-bond acceptors (Lipinski definition) is 3. The predicted octanol–water partition coefficient (Wildman–Crippen LogP) is 2.74. The predicted molar refractivity (Wildman–Crippen MR) is 71.7 cm³/mol. The van der Waals surface area contributed by atoms with Crippen LogP contribution in [0.3, 0.4) is 0 Å². The molecular weight excluding hydrogens is 224 g/mol. The minimum Gasteiger partial charge on any atom is -0.506 e. The molecule has 0 saturated heterocycles. The number of benzene rings is 1. The van der Waals surface area contributed by atoms with Gasteiger partial charge in [-0.05, 0) is 37.1 Å². The number of nitrogens with zero attached hydrogens (tertiary/aromatic N) is 2. The van der Waals surface area contributed by atoms with Crippen LogP contribution in [-0.4, -0.2) is 16.1 Å². The Balaban J connectivity index is 1.87. The van der Waals surface area contributed by atoms with E-state index in [2.05, 4.69) is 41.1 Å². The van der Waals surface area contributed by atoms with E-state index in [9.17, 15) is 5.11 Å². The third kappa shape index (κ3) is 1.92. The lowest BCUT2D eigenvalue weighted by Gasteiger charge is -2.24. The number of para-hydroxylation sites is 1. The maximum atomic E-state index is 9.25. The molecule has 1 aromatic carbocycles. The highest BCUT2D eigenvalue weighted by Gasteiger charge is 2.25. The average molecular weight is 240 g/mol. The Morgan fingerprint density at radius 3 is 2.89 bits per heavy atom. The van der Waals surface area contributed by atoms with Gasteiger partial charge in [0.2, 0.25) is 0 Å². The summed E-state index contributed by atoms with van der Waals surface area (Å²) in [6.45, 7) is 3.03. The first-order valence-corrected chi connectivity index (χ1v) is 6.22. The van der Waals surface area contributed by atoms with E-state index in [-0.39, 0.29) is 5.75 Å². The minimum absolute atomic E-state index is 0.216. The highest BCUT2D eigenvalue weighted by atomic mass is 16.3. The van der Waals surface area contributed by atoms with E-state index in [1.807, 2.05) is 6.07 Å². The number of aromatic nitrogens is 1. The van der Waals surface area contributed by atoms with Crippen molar-refractivity contribution in [2.24, 2.45) is 0 Å². The highest BCUT2D eigenvalue weighted by Crippen LogP contribution is 2.32. The molecule has 0 spiro atoms. The SMILES string of the molecule is CC1Cc2ccccc2N1Cc1ccc(O)cn1. The molecule has 0 aliphatic carbocycles. The van der Waals surface area contributed by atoms with Crippen molar-refractivity contribution in [1.82, 2.24) is 4.98 Å². The van der Waals surface area contributed by atoms with Gasteiger partial charge in [-0.25, -0.2) is 0 Å². The van der Waals surface area contributed by atoms with E-state index in [0.717, 1.165) is 18.7 Å². The fraction of sp³-hybridized carbons (Fsp3) is 0.267. The smallest absolute Gasteiger partial charge is 0.133 e. The lowest BCUT2D eigenvalue weighted by Crippen LogP contribution is -2.28. The summed E-state index contributed by atoms with van der Waals surface area (Å²) >= 11 is 0. The van der Waals surface area contributed by atoms with Crippen molar-refractivity contribution >= 4 is 5.69 Å². The molecule has 3 nitrogen and oxygen atoms in total. The maximum Gasteiger partial charge on any atom is 0.133 e. The number of anilines is 1. The summed E-state index contributed by atoms with van der Waals surface area (Å²) in [5.74, 6) is 0.216. The second kappa shape index (κ2) is 4.33. The first-order chi connectivity index (χ1) is 8.74. The molecule has 1 aliphatic rings. The maximum absolute atomic E-state index is 9.25. The van der Waals surface area contributed by atoms with Crippen LogP contribution in [0, 0.1) is 0 Å². The Morgan fingerprint density at radius 1 is 1.28 bits per heavy atom. The van der Waals surface area contributed by atoms with Gasteiger partial charge in [-0.1, -0.05) is 18.2 Å². The van der Waals surface area contributed by atoms with Crippen molar-refractivity contribution in [3.8, 4) is 5.75 Å². The van der Waals surface area contributed by atoms with Crippen molar-refractivity contribution in [2.45, 2.75) is 25.9 Å². The molecule has 1 aromatic heterocycles. The molecule has 1 N–H and O–H groups in total.